The summed E-state index contributed by atoms with van der Waals surface area (Å²) in [4.78, 5) is 0. The maximum Gasteiger partial charge on any atom is 0.231 e. The maximum absolute atomic E-state index is 14.7. The number of nitrogens with zero attached hydrogens (tertiary/aromatic N) is 1. The smallest absolute Gasteiger partial charge is 0.231 e. The first-order valence-electron chi connectivity index (χ1n) is 15.0. The highest BCUT2D eigenvalue weighted by atomic mass is 32.1. The first-order chi connectivity index (χ1) is 20.0. The van der Waals surface area contributed by atoms with Crippen LogP contribution in [0.2, 0.25) is 0 Å². The fourth-order valence-electron chi connectivity index (χ4n) is 7.71. The van der Waals surface area contributed by atoms with Crippen molar-refractivity contribution in [3.8, 4) is 11.3 Å². The topological polar surface area (TPSA) is 33.3 Å². The lowest BCUT2D eigenvalue weighted by Gasteiger charge is -2.33. The van der Waals surface area contributed by atoms with Gasteiger partial charge in [-0.1, -0.05) is 50.1 Å². The molecule has 1 saturated carbocycles. The van der Waals surface area contributed by atoms with Gasteiger partial charge in [0.15, 0.2) is 12.2 Å². The summed E-state index contributed by atoms with van der Waals surface area (Å²) in [7, 11) is 1.68. The molecule has 7 rings (SSSR count). The Kier molecular flexibility index (Phi) is 6.83. The molecule has 2 atom stereocenters. The number of fused-ring (bicyclic) bond motifs is 9. The minimum absolute atomic E-state index is 0.0356. The van der Waals surface area contributed by atoms with Crippen LogP contribution in [-0.4, -0.2) is 18.8 Å². The van der Waals surface area contributed by atoms with Crippen LogP contribution >= 0.6 is 11.3 Å². The third-order valence-electron chi connectivity index (χ3n) is 9.73. The van der Waals surface area contributed by atoms with Gasteiger partial charge in [-0.2, -0.15) is 4.57 Å². The predicted octanol–water partition coefficient (Wildman–Crippen LogP) is 9.23. The molecule has 0 amide bonds. The molecule has 0 spiro atoms. The Morgan fingerprint density at radius 1 is 1.02 bits per heavy atom. The number of ether oxygens (including phenoxy) is 1. The number of hydrogen-bond acceptors (Lipinski definition) is 3. The predicted molar refractivity (Wildman–Crippen MR) is 167 cm³/mol. The molecular formula is C36H37FNO2S+. The minimum atomic E-state index is -0.158. The monoisotopic (exact) mass is 566 g/mol. The second-order valence-electron chi connectivity index (χ2n) is 11.9. The van der Waals surface area contributed by atoms with Crippen LogP contribution in [0.1, 0.15) is 79.5 Å². The van der Waals surface area contributed by atoms with Gasteiger partial charge in [-0.05, 0) is 72.2 Å². The minimum Gasteiger partial charge on any atom is -0.501 e. The largest absolute Gasteiger partial charge is 0.501 e. The molecule has 1 fully saturated rings. The molecule has 0 saturated heterocycles. The number of thiophene rings is 1. The van der Waals surface area contributed by atoms with E-state index in [1.54, 1.807) is 24.5 Å². The number of allylic oxidation sites excluding steroid dienone is 1. The van der Waals surface area contributed by atoms with Crippen molar-refractivity contribution in [2.75, 3.05) is 13.7 Å². The Balaban J connectivity index is 1.61. The summed E-state index contributed by atoms with van der Waals surface area (Å²) in [6.45, 7) is 6.21. The molecule has 5 aromatic rings. The standard InChI is InChI=1S/C36H37FNO2S/c1-21(40-3)19-32-28(16-18-39)33-25-12-8-7-11-24(25)29(23-9-5-4-6-10-23)20-30(33)34-36-27(15-17-38(32)34)26-13-14-31(37)22(2)35(26)41-36/h7-8,11-15,17,20,23,28,32,39H,1,4-6,9-10,16,18-19H2,2-3H3/q+1. The zero-order valence-electron chi connectivity index (χ0n) is 23.9. The molecule has 2 aromatic heterocycles. The molecule has 2 aliphatic rings. The van der Waals surface area contributed by atoms with Gasteiger partial charge in [-0.25, -0.2) is 4.39 Å². The van der Waals surface area contributed by atoms with Gasteiger partial charge in [0.2, 0.25) is 5.69 Å². The molecule has 41 heavy (non-hydrogen) atoms. The molecule has 3 nitrogen and oxygen atoms in total. The SMILES string of the molecule is C=C(CC1C(CCO)c2c(cc(C3CCCCC3)c3ccccc23)-c2c3sc4c(C)c(F)ccc4c3cc[n+]21)OC. The van der Waals surface area contributed by atoms with E-state index in [9.17, 15) is 9.50 Å². The van der Waals surface area contributed by atoms with E-state index in [1.807, 2.05) is 13.0 Å². The summed E-state index contributed by atoms with van der Waals surface area (Å²) in [6.07, 6.45) is 9.85. The van der Waals surface area contributed by atoms with Crippen LogP contribution in [0.5, 0.6) is 0 Å². The van der Waals surface area contributed by atoms with Crippen molar-refractivity contribution < 1.29 is 18.8 Å². The molecule has 5 heteroatoms. The second-order valence-corrected chi connectivity index (χ2v) is 12.9. The van der Waals surface area contributed by atoms with E-state index in [0.717, 1.165) is 15.8 Å². The van der Waals surface area contributed by atoms with E-state index in [4.69, 9.17) is 4.74 Å². The van der Waals surface area contributed by atoms with Crippen molar-refractivity contribution in [1.82, 2.24) is 0 Å². The normalized spacial score (nSPS) is 19.0. The number of aromatic nitrogens is 1. The zero-order valence-corrected chi connectivity index (χ0v) is 24.7. The highest BCUT2D eigenvalue weighted by Crippen LogP contribution is 2.51. The first-order valence-corrected chi connectivity index (χ1v) is 15.8. The molecule has 210 valence electrons. The molecule has 0 bridgehead atoms. The van der Waals surface area contributed by atoms with Crippen molar-refractivity contribution >= 4 is 42.3 Å². The van der Waals surface area contributed by atoms with Gasteiger partial charge >= 0.3 is 0 Å². The lowest BCUT2D eigenvalue weighted by atomic mass is 9.74. The highest BCUT2D eigenvalue weighted by Gasteiger charge is 2.43. The third-order valence-corrected chi connectivity index (χ3v) is 11.1. The van der Waals surface area contributed by atoms with E-state index in [-0.39, 0.29) is 24.4 Å². The van der Waals surface area contributed by atoms with Gasteiger partial charge in [0.1, 0.15) is 10.5 Å². The van der Waals surface area contributed by atoms with Gasteiger partial charge in [0.25, 0.3) is 0 Å². The number of aliphatic hydroxyl groups is 1. The van der Waals surface area contributed by atoms with Crippen molar-refractivity contribution in [2.24, 2.45) is 0 Å². The van der Waals surface area contributed by atoms with Crippen LogP contribution in [0.4, 0.5) is 4.39 Å². The first kappa shape index (κ1) is 26.6. The van der Waals surface area contributed by atoms with E-state index < -0.39 is 0 Å². The number of hydrogen-bond donors (Lipinski definition) is 1. The summed E-state index contributed by atoms with van der Waals surface area (Å²) < 4.78 is 25.0. The fraction of sp³-hybridized carbons (Fsp3) is 0.361. The Hall–Kier alpha value is -3.28. The van der Waals surface area contributed by atoms with Gasteiger partial charge in [-0.15, -0.1) is 11.3 Å². The van der Waals surface area contributed by atoms with Gasteiger partial charge in [-0.3, -0.25) is 0 Å². The van der Waals surface area contributed by atoms with Crippen LogP contribution in [0.15, 0.2) is 67.1 Å². The molecule has 0 radical (unpaired) electrons. The van der Waals surface area contributed by atoms with Crippen LogP contribution in [0.3, 0.4) is 0 Å². The van der Waals surface area contributed by atoms with E-state index in [1.165, 1.54) is 75.3 Å². The molecule has 1 aliphatic heterocycles. The number of aryl methyl sites for hydroxylation is 1. The maximum atomic E-state index is 14.7. The number of rotatable bonds is 6. The lowest BCUT2D eigenvalue weighted by molar-refractivity contribution is -0.717. The molecule has 3 aromatic carbocycles. The van der Waals surface area contributed by atoms with Crippen molar-refractivity contribution in [3.63, 3.8) is 0 Å². The van der Waals surface area contributed by atoms with Gasteiger partial charge in [0.05, 0.1) is 30.8 Å². The average Bonchev–Trinajstić information content (AvgIpc) is 3.39. The van der Waals surface area contributed by atoms with Crippen LogP contribution < -0.4 is 4.57 Å². The van der Waals surface area contributed by atoms with Crippen LogP contribution in [0, 0.1) is 12.7 Å². The van der Waals surface area contributed by atoms with Gasteiger partial charge < -0.3 is 9.84 Å². The van der Waals surface area contributed by atoms with Crippen molar-refractivity contribution in [2.45, 2.75) is 69.7 Å². The Morgan fingerprint density at radius 3 is 2.54 bits per heavy atom. The number of aliphatic hydroxyl groups excluding tert-OH is 1. The quantitative estimate of drug-likeness (QED) is 0.164. The van der Waals surface area contributed by atoms with E-state index >= 15 is 0 Å². The summed E-state index contributed by atoms with van der Waals surface area (Å²) in [6, 6.07) is 17.2. The third kappa shape index (κ3) is 4.20. The molecule has 1 N–H and O–H groups in total. The average molecular weight is 567 g/mol. The van der Waals surface area contributed by atoms with Crippen molar-refractivity contribution in [1.29, 1.82) is 0 Å². The Morgan fingerprint density at radius 2 is 1.78 bits per heavy atom. The molecule has 2 unspecified atom stereocenters. The van der Waals surface area contributed by atoms with E-state index in [2.05, 4.69) is 53.7 Å². The van der Waals surface area contributed by atoms with Crippen LogP contribution in [0.25, 0.3) is 42.2 Å². The summed E-state index contributed by atoms with van der Waals surface area (Å²) in [5, 5.41) is 15.3. The number of halogens is 1. The molecule has 3 heterocycles. The van der Waals surface area contributed by atoms with E-state index in [0.29, 0.717) is 24.3 Å². The molecular weight excluding hydrogens is 529 g/mol. The molecule has 1 aliphatic carbocycles. The number of pyridine rings is 1. The summed E-state index contributed by atoms with van der Waals surface area (Å²) in [5.74, 6) is 1.22. The Bertz CT molecular complexity index is 1820. The number of benzene rings is 3. The fourth-order valence-corrected chi connectivity index (χ4v) is 9.05. The second kappa shape index (κ2) is 10.5. The summed E-state index contributed by atoms with van der Waals surface area (Å²) >= 11 is 1.70. The zero-order chi connectivity index (χ0) is 28.2. The number of methoxy groups -OCH3 is 1. The highest BCUT2D eigenvalue weighted by molar-refractivity contribution is 7.26. The summed E-state index contributed by atoms with van der Waals surface area (Å²) in [5.41, 5.74) is 5.94. The van der Waals surface area contributed by atoms with Crippen molar-refractivity contribution in [3.05, 3.63) is 89.6 Å². The van der Waals surface area contributed by atoms with Gasteiger partial charge in [0, 0.05) is 33.7 Å². The van der Waals surface area contributed by atoms with Crippen LogP contribution in [-0.2, 0) is 4.74 Å². The lowest BCUT2D eigenvalue weighted by Crippen LogP contribution is -2.48. The Labute approximate surface area is 244 Å².